The summed E-state index contributed by atoms with van der Waals surface area (Å²) in [6.07, 6.45) is 2.20. The molecule has 1 saturated carbocycles. The Morgan fingerprint density at radius 2 is 2.00 bits per heavy atom. The third kappa shape index (κ3) is 2.98. The minimum atomic E-state index is -3.54. The molecule has 20 heavy (non-hydrogen) atoms. The van der Waals surface area contributed by atoms with E-state index in [2.05, 4.69) is 0 Å². The molecule has 1 aliphatic carbocycles. The monoisotopic (exact) mass is 335 g/mol. The summed E-state index contributed by atoms with van der Waals surface area (Å²) in [6.45, 7) is 3.73. The molecule has 2 rings (SSSR count). The molecule has 1 aliphatic rings. The number of halogens is 2. The van der Waals surface area contributed by atoms with E-state index in [4.69, 9.17) is 23.2 Å². The highest BCUT2D eigenvalue weighted by molar-refractivity contribution is 7.89. The first kappa shape index (κ1) is 16.1. The van der Waals surface area contributed by atoms with Gasteiger partial charge in [-0.1, -0.05) is 11.6 Å². The minimum absolute atomic E-state index is 0.0119. The Labute approximate surface area is 130 Å². The van der Waals surface area contributed by atoms with Crippen molar-refractivity contribution in [3.63, 3.8) is 0 Å². The summed E-state index contributed by atoms with van der Waals surface area (Å²) in [5.41, 5.74) is 1.43. The molecule has 3 nitrogen and oxygen atoms in total. The van der Waals surface area contributed by atoms with Crippen molar-refractivity contribution in [1.29, 1.82) is 0 Å². The quantitative estimate of drug-likeness (QED) is 0.767. The summed E-state index contributed by atoms with van der Waals surface area (Å²) in [7, 11) is -1.90. The lowest BCUT2D eigenvalue weighted by molar-refractivity contribution is 0.357. The van der Waals surface area contributed by atoms with Crippen LogP contribution in [0.1, 0.15) is 30.9 Å². The highest BCUT2D eigenvalue weighted by Gasteiger charge is 2.36. The topological polar surface area (TPSA) is 37.4 Å². The standard InChI is InChI=1S/C14H19Cl2NO2S/c1-9-12(8-15)6-13(16)7-14(9)20(18,19)17(3)10(2)11-4-5-11/h6-7,10-11H,4-5,8H2,1-3H3. The highest BCUT2D eigenvalue weighted by atomic mass is 35.5. The maximum Gasteiger partial charge on any atom is 0.243 e. The van der Waals surface area contributed by atoms with Gasteiger partial charge in [-0.2, -0.15) is 4.31 Å². The molecule has 0 saturated heterocycles. The van der Waals surface area contributed by atoms with Crippen LogP contribution in [0, 0.1) is 12.8 Å². The largest absolute Gasteiger partial charge is 0.243 e. The zero-order valence-electron chi connectivity index (χ0n) is 11.9. The lowest BCUT2D eigenvalue weighted by Crippen LogP contribution is -2.36. The van der Waals surface area contributed by atoms with Gasteiger partial charge in [0, 0.05) is 24.0 Å². The van der Waals surface area contributed by atoms with Gasteiger partial charge in [-0.3, -0.25) is 0 Å². The second-order valence-corrected chi connectivity index (χ2v) is 8.09. The average molecular weight is 336 g/mol. The van der Waals surface area contributed by atoms with Crippen molar-refractivity contribution in [2.75, 3.05) is 7.05 Å². The van der Waals surface area contributed by atoms with Gasteiger partial charge in [0.25, 0.3) is 0 Å². The molecule has 0 N–H and O–H groups in total. The first-order valence-corrected chi connectivity index (χ1v) is 8.97. The molecule has 1 unspecified atom stereocenters. The fourth-order valence-electron chi connectivity index (χ4n) is 2.36. The van der Waals surface area contributed by atoms with Crippen LogP contribution in [0.2, 0.25) is 5.02 Å². The van der Waals surface area contributed by atoms with Crippen molar-refractivity contribution < 1.29 is 8.42 Å². The van der Waals surface area contributed by atoms with Crippen LogP contribution in [0.5, 0.6) is 0 Å². The van der Waals surface area contributed by atoms with Crippen molar-refractivity contribution in [2.24, 2.45) is 5.92 Å². The summed E-state index contributed by atoms with van der Waals surface area (Å²) in [4.78, 5) is 0.260. The van der Waals surface area contributed by atoms with Crippen molar-refractivity contribution in [3.05, 3.63) is 28.3 Å². The summed E-state index contributed by atoms with van der Waals surface area (Å²) < 4.78 is 27.0. The van der Waals surface area contributed by atoms with Crippen molar-refractivity contribution in [2.45, 2.75) is 43.5 Å². The van der Waals surface area contributed by atoms with Crippen LogP contribution in [-0.2, 0) is 15.9 Å². The van der Waals surface area contributed by atoms with Crippen molar-refractivity contribution in [1.82, 2.24) is 4.31 Å². The molecule has 0 heterocycles. The molecule has 1 aromatic rings. The van der Waals surface area contributed by atoms with Crippen LogP contribution in [0.15, 0.2) is 17.0 Å². The normalized spacial score (nSPS) is 17.5. The van der Waals surface area contributed by atoms with Crippen LogP contribution in [0.25, 0.3) is 0 Å². The van der Waals surface area contributed by atoms with E-state index in [0.717, 1.165) is 18.4 Å². The maximum atomic E-state index is 12.8. The smallest absolute Gasteiger partial charge is 0.207 e. The maximum absolute atomic E-state index is 12.8. The highest BCUT2D eigenvalue weighted by Crippen LogP contribution is 2.37. The minimum Gasteiger partial charge on any atom is -0.207 e. The summed E-state index contributed by atoms with van der Waals surface area (Å²) in [5, 5.41) is 0.400. The lowest BCUT2D eigenvalue weighted by Gasteiger charge is -2.25. The summed E-state index contributed by atoms with van der Waals surface area (Å²) in [5.74, 6) is 0.721. The third-order valence-corrected chi connectivity index (χ3v) is 6.69. The molecular formula is C14H19Cl2NO2S. The van der Waals surface area contributed by atoms with Gasteiger partial charge in [0.05, 0.1) is 4.90 Å². The number of sulfonamides is 1. The zero-order valence-corrected chi connectivity index (χ0v) is 14.2. The second kappa shape index (κ2) is 5.84. The predicted molar refractivity (Wildman–Crippen MR) is 82.9 cm³/mol. The molecule has 1 atom stereocenters. The van der Waals surface area contributed by atoms with Gasteiger partial charge in [0.15, 0.2) is 0 Å². The van der Waals surface area contributed by atoms with Gasteiger partial charge >= 0.3 is 0 Å². The molecule has 0 amide bonds. The second-order valence-electron chi connectivity index (χ2n) is 5.42. The van der Waals surface area contributed by atoms with Gasteiger partial charge in [0.1, 0.15) is 0 Å². The number of nitrogens with zero attached hydrogens (tertiary/aromatic N) is 1. The van der Waals surface area contributed by atoms with Gasteiger partial charge in [-0.25, -0.2) is 8.42 Å². The molecule has 0 radical (unpaired) electrons. The van der Waals surface area contributed by atoms with E-state index in [-0.39, 0.29) is 16.8 Å². The fraction of sp³-hybridized carbons (Fsp3) is 0.571. The van der Waals surface area contributed by atoms with E-state index in [0.29, 0.717) is 16.5 Å². The Hall–Kier alpha value is -0.290. The van der Waals surface area contributed by atoms with E-state index < -0.39 is 10.0 Å². The van der Waals surface area contributed by atoms with E-state index in [9.17, 15) is 8.42 Å². The molecule has 0 bridgehead atoms. The average Bonchev–Trinajstić information content (AvgIpc) is 3.23. The van der Waals surface area contributed by atoms with Crippen LogP contribution in [0.4, 0.5) is 0 Å². The van der Waals surface area contributed by atoms with Crippen molar-refractivity contribution >= 4 is 33.2 Å². The molecule has 6 heteroatoms. The molecule has 0 aliphatic heterocycles. The van der Waals surface area contributed by atoms with Gasteiger partial charge in [-0.05, 0) is 55.9 Å². The Morgan fingerprint density at radius 3 is 2.50 bits per heavy atom. The lowest BCUT2D eigenvalue weighted by atomic mass is 10.1. The zero-order chi connectivity index (χ0) is 15.1. The first-order valence-electron chi connectivity index (χ1n) is 6.62. The van der Waals surface area contributed by atoms with Gasteiger partial charge in [-0.15, -0.1) is 11.6 Å². The van der Waals surface area contributed by atoms with Crippen LogP contribution in [-0.4, -0.2) is 25.8 Å². The molecule has 0 aromatic heterocycles. The molecule has 1 fully saturated rings. The van der Waals surface area contributed by atoms with Crippen LogP contribution < -0.4 is 0 Å². The number of hydrogen-bond acceptors (Lipinski definition) is 2. The Balaban J connectivity index is 2.45. The molecule has 1 aromatic carbocycles. The predicted octanol–water partition coefficient (Wildman–Crippen LogP) is 3.81. The van der Waals surface area contributed by atoms with Gasteiger partial charge < -0.3 is 0 Å². The molecule has 0 spiro atoms. The van der Waals surface area contributed by atoms with E-state index >= 15 is 0 Å². The fourth-order valence-corrected chi connectivity index (χ4v) is 4.66. The van der Waals surface area contributed by atoms with Crippen LogP contribution in [0.3, 0.4) is 0 Å². The molecule has 112 valence electrons. The van der Waals surface area contributed by atoms with E-state index in [1.54, 1.807) is 20.0 Å². The Morgan fingerprint density at radius 1 is 1.40 bits per heavy atom. The number of alkyl halides is 1. The van der Waals surface area contributed by atoms with Crippen LogP contribution >= 0.6 is 23.2 Å². The summed E-state index contributed by atoms with van der Waals surface area (Å²) in [6, 6.07) is 3.24. The number of rotatable bonds is 5. The SMILES string of the molecule is Cc1c(CCl)cc(Cl)cc1S(=O)(=O)N(C)C(C)C1CC1. The summed E-state index contributed by atoms with van der Waals surface area (Å²) >= 11 is 11.9. The van der Waals surface area contributed by atoms with Crippen molar-refractivity contribution in [3.8, 4) is 0 Å². The first-order chi connectivity index (χ1) is 9.28. The number of benzene rings is 1. The Bertz CT molecular complexity index is 612. The number of hydrogen-bond donors (Lipinski definition) is 0. The van der Waals surface area contributed by atoms with E-state index in [1.807, 2.05) is 6.92 Å². The van der Waals surface area contributed by atoms with Gasteiger partial charge in [0.2, 0.25) is 10.0 Å². The Kier molecular flexibility index (Phi) is 4.69. The molecular weight excluding hydrogens is 317 g/mol. The van der Waals surface area contributed by atoms with E-state index in [1.165, 1.54) is 10.4 Å². The third-order valence-electron chi connectivity index (χ3n) is 4.11.